The van der Waals surface area contributed by atoms with Crippen LogP contribution in [0.3, 0.4) is 0 Å². The fraction of sp³-hybridized carbons (Fsp3) is 0.462. The Hall–Kier alpha value is -2.20. The number of azide groups is 1. The molecule has 0 radical (unpaired) electrons. The molecule has 0 aromatic heterocycles. The zero-order valence-corrected chi connectivity index (χ0v) is 11.0. The van der Waals surface area contributed by atoms with Crippen LogP contribution >= 0.6 is 0 Å². The highest BCUT2D eigenvalue weighted by molar-refractivity contribution is 5.97. The summed E-state index contributed by atoms with van der Waals surface area (Å²) in [5, 5.41) is 13.6. The lowest BCUT2D eigenvalue weighted by Gasteiger charge is -2.19. The van der Waals surface area contributed by atoms with Gasteiger partial charge < -0.3 is 10.0 Å². The smallest absolute Gasteiger partial charge is 0.227 e. The van der Waals surface area contributed by atoms with E-state index >= 15 is 0 Å². The van der Waals surface area contributed by atoms with Crippen LogP contribution in [0.4, 0.5) is 5.69 Å². The molecule has 1 unspecified atom stereocenters. The van der Waals surface area contributed by atoms with E-state index in [0.717, 1.165) is 11.1 Å². The topological polar surface area (TPSA) is 89.3 Å². The number of nitrogens with zero attached hydrogens (tertiary/aromatic N) is 4. The van der Waals surface area contributed by atoms with Gasteiger partial charge in [0.2, 0.25) is 5.91 Å². The van der Waals surface area contributed by atoms with Crippen molar-refractivity contribution in [1.29, 1.82) is 0 Å². The predicted octanol–water partition coefficient (Wildman–Crippen LogP) is 2.67. The van der Waals surface area contributed by atoms with Crippen molar-refractivity contribution in [3.63, 3.8) is 0 Å². The molecule has 1 fully saturated rings. The quantitative estimate of drug-likeness (QED) is 0.514. The van der Waals surface area contributed by atoms with Crippen molar-refractivity contribution in [2.45, 2.75) is 20.3 Å². The van der Waals surface area contributed by atoms with Crippen molar-refractivity contribution in [2.24, 2.45) is 11.0 Å². The van der Waals surface area contributed by atoms with Crippen molar-refractivity contribution in [1.82, 2.24) is 0 Å². The molecule has 1 atom stereocenters. The molecule has 100 valence electrons. The number of rotatable bonds is 3. The number of hydrogen-bond acceptors (Lipinski definition) is 3. The molecule has 1 aromatic rings. The second-order valence-corrected chi connectivity index (χ2v) is 4.94. The highest BCUT2D eigenvalue weighted by Crippen LogP contribution is 2.35. The first kappa shape index (κ1) is 13.2. The zero-order chi connectivity index (χ0) is 14.0. The van der Waals surface area contributed by atoms with Crippen LogP contribution in [-0.2, 0) is 4.79 Å². The molecule has 0 bridgehead atoms. The van der Waals surface area contributed by atoms with E-state index in [1.165, 1.54) is 0 Å². The van der Waals surface area contributed by atoms with Gasteiger partial charge in [0, 0.05) is 24.4 Å². The highest BCUT2D eigenvalue weighted by Gasteiger charge is 2.31. The number of carbonyl (C=O) groups is 1. The largest absolute Gasteiger partial charge is 0.505 e. The molecule has 1 saturated heterocycles. The standard InChI is InChI=1S/C13H16N4O2/c1-8-3-9(2)13(19)11(4-8)17-7-10(5-12(17)18)6-15-16-14/h3-4,10,19H,5-7H2,1-2H3. The van der Waals surface area contributed by atoms with E-state index in [1.807, 2.05) is 19.9 Å². The number of phenols is 1. The normalized spacial score (nSPS) is 18.5. The predicted molar refractivity (Wildman–Crippen MR) is 72.1 cm³/mol. The van der Waals surface area contributed by atoms with Crippen LogP contribution in [0.1, 0.15) is 17.5 Å². The lowest BCUT2D eigenvalue weighted by molar-refractivity contribution is -0.117. The Morgan fingerprint density at radius 1 is 1.53 bits per heavy atom. The van der Waals surface area contributed by atoms with E-state index in [9.17, 15) is 9.90 Å². The van der Waals surface area contributed by atoms with Crippen LogP contribution in [0.2, 0.25) is 0 Å². The summed E-state index contributed by atoms with van der Waals surface area (Å²) in [5.41, 5.74) is 10.6. The Balaban J connectivity index is 2.28. The maximum absolute atomic E-state index is 12.0. The Morgan fingerprint density at radius 2 is 2.26 bits per heavy atom. The summed E-state index contributed by atoms with van der Waals surface area (Å²) in [5.74, 6) is 0.116. The number of aryl methyl sites for hydroxylation is 2. The first-order valence-corrected chi connectivity index (χ1v) is 6.14. The summed E-state index contributed by atoms with van der Waals surface area (Å²) in [6.07, 6.45) is 0.353. The first-order valence-electron chi connectivity index (χ1n) is 6.14. The summed E-state index contributed by atoms with van der Waals surface area (Å²) in [6.45, 7) is 4.52. The number of aromatic hydroxyl groups is 1. The molecule has 6 nitrogen and oxygen atoms in total. The molecule has 0 spiro atoms. The van der Waals surface area contributed by atoms with Gasteiger partial charge in [-0.3, -0.25) is 4.79 Å². The Labute approximate surface area is 111 Å². The number of benzene rings is 1. The third kappa shape index (κ3) is 2.63. The second-order valence-electron chi connectivity index (χ2n) is 4.94. The minimum absolute atomic E-state index is 0.0172. The Bertz CT molecular complexity index is 564. The van der Waals surface area contributed by atoms with Crippen LogP contribution in [0.5, 0.6) is 5.75 Å². The Kier molecular flexibility index (Phi) is 3.62. The average molecular weight is 260 g/mol. The third-order valence-corrected chi connectivity index (χ3v) is 3.32. The number of carbonyl (C=O) groups excluding carboxylic acids is 1. The monoisotopic (exact) mass is 260 g/mol. The molecule has 2 rings (SSSR count). The summed E-state index contributed by atoms with van der Waals surface area (Å²) in [7, 11) is 0. The van der Waals surface area contributed by atoms with Gasteiger partial charge in [-0.25, -0.2) is 0 Å². The summed E-state index contributed by atoms with van der Waals surface area (Å²) < 4.78 is 0. The summed E-state index contributed by atoms with van der Waals surface area (Å²) in [4.78, 5) is 16.3. The summed E-state index contributed by atoms with van der Waals surface area (Å²) >= 11 is 0. The molecular formula is C13H16N4O2. The highest BCUT2D eigenvalue weighted by atomic mass is 16.3. The third-order valence-electron chi connectivity index (χ3n) is 3.32. The molecule has 0 saturated carbocycles. The van der Waals surface area contributed by atoms with Gasteiger partial charge in [0.05, 0.1) is 5.69 Å². The second kappa shape index (κ2) is 5.20. The van der Waals surface area contributed by atoms with Crippen molar-refractivity contribution in [3.8, 4) is 5.75 Å². The van der Waals surface area contributed by atoms with Gasteiger partial charge in [-0.1, -0.05) is 11.2 Å². The van der Waals surface area contributed by atoms with Crippen molar-refractivity contribution in [3.05, 3.63) is 33.7 Å². The molecule has 1 amide bonds. The average Bonchev–Trinajstić information content (AvgIpc) is 2.72. The molecule has 1 N–H and O–H groups in total. The van der Waals surface area contributed by atoms with Crippen molar-refractivity contribution >= 4 is 11.6 Å². The first-order chi connectivity index (χ1) is 9.02. The molecule has 0 aliphatic carbocycles. The van der Waals surface area contributed by atoms with E-state index < -0.39 is 0 Å². The summed E-state index contributed by atoms with van der Waals surface area (Å²) in [6, 6.07) is 3.67. The number of phenolic OH excluding ortho intramolecular Hbond substituents is 1. The fourth-order valence-corrected chi connectivity index (χ4v) is 2.43. The number of anilines is 1. The lowest BCUT2D eigenvalue weighted by atomic mass is 10.1. The lowest BCUT2D eigenvalue weighted by Crippen LogP contribution is -2.25. The molecular weight excluding hydrogens is 244 g/mol. The molecule has 1 aliphatic heterocycles. The van der Waals surface area contributed by atoms with Gasteiger partial charge in [0.1, 0.15) is 5.75 Å². The van der Waals surface area contributed by atoms with Gasteiger partial charge in [-0.15, -0.1) is 0 Å². The maximum Gasteiger partial charge on any atom is 0.227 e. The molecule has 19 heavy (non-hydrogen) atoms. The van der Waals surface area contributed by atoms with Gasteiger partial charge in [-0.05, 0) is 42.5 Å². The van der Waals surface area contributed by atoms with Crippen molar-refractivity contribution in [2.75, 3.05) is 18.0 Å². The minimum Gasteiger partial charge on any atom is -0.505 e. The van der Waals surface area contributed by atoms with E-state index in [0.29, 0.717) is 25.2 Å². The van der Waals surface area contributed by atoms with Crippen LogP contribution in [0, 0.1) is 19.8 Å². The van der Waals surface area contributed by atoms with Gasteiger partial charge in [-0.2, -0.15) is 0 Å². The van der Waals surface area contributed by atoms with Crippen LogP contribution < -0.4 is 4.90 Å². The zero-order valence-electron chi connectivity index (χ0n) is 11.0. The van der Waals surface area contributed by atoms with Crippen LogP contribution in [-0.4, -0.2) is 24.1 Å². The minimum atomic E-state index is -0.0431. The number of amides is 1. The molecule has 1 aliphatic rings. The van der Waals surface area contributed by atoms with Gasteiger partial charge >= 0.3 is 0 Å². The fourth-order valence-electron chi connectivity index (χ4n) is 2.43. The SMILES string of the molecule is Cc1cc(C)c(O)c(N2CC(CN=[N+]=[N-])CC2=O)c1. The van der Waals surface area contributed by atoms with Gasteiger partial charge in [0.15, 0.2) is 0 Å². The molecule has 1 aromatic carbocycles. The molecule has 1 heterocycles. The molecule has 6 heteroatoms. The Morgan fingerprint density at radius 3 is 2.95 bits per heavy atom. The van der Waals surface area contributed by atoms with E-state index in [-0.39, 0.29) is 17.6 Å². The number of hydrogen-bond donors (Lipinski definition) is 1. The van der Waals surface area contributed by atoms with E-state index in [2.05, 4.69) is 10.0 Å². The van der Waals surface area contributed by atoms with Crippen molar-refractivity contribution < 1.29 is 9.90 Å². The van der Waals surface area contributed by atoms with Crippen LogP contribution in [0.25, 0.3) is 10.4 Å². The maximum atomic E-state index is 12.0. The van der Waals surface area contributed by atoms with Gasteiger partial charge in [0.25, 0.3) is 0 Å². The van der Waals surface area contributed by atoms with E-state index in [4.69, 9.17) is 5.53 Å². The van der Waals surface area contributed by atoms with Crippen LogP contribution in [0.15, 0.2) is 17.2 Å². The van der Waals surface area contributed by atoms with E-state index in [1.54, 1.807) is 11.0 Å².